The van der Waals surface area contributed by atoms with Crippen LogP contribution in [0, 0.1) is 0 Å². The van der Waals surface area contributed by atoms with Crippen LogP contribution in [0.4, 0.5) is 5.82 Å². The molecular weight excluding hydrogens is 420 g/mol. The minimum Gasteiger partial charge on any atom is -0.494 e. The van der Waals surface area contributed by atoms with Crippen LogP contribution >= 0.6 is 11.3 Å². The molecular formula is C19H18N8O3S. The van der Waals surface area contributed by atoms with Crippen LogP contribution in [0.3, 0.4) is 0 Å². The number of anilines is 1. The molecule has 3 N–H and O–H groups in total. The highest BCUT2D eigenvalue weighted by Crippen LogP contribution is 2.29. The summed E-state index contributed by atoms with van der Waals surface area (Å²) in [5.41, 5.74) is 10.2. The summed E-state index contributed by atoms with van der Waals surface area (Å²) in [5.74, 6) is 0.354. The number of hydrogen-bond donors (Lipinski definition) is 2. The number of ether oxygens (including phenoxy) is 1. The monoisotopic (exact) mass is 438 g/mol. The van der Waals surface area contributed by atoms with Crippen LogP contribution in [-0.4, -0.2) is 43.5 Å². The molecule has 12 heteroatoms. The summed E-state index contributed by atoms with van der Waals surface area (Å²) < 4.78 is 11.5. The number of benzene rings is 1. The van der Waals surface area contributed by atoms with E-state index in [4.69, 9.17) is 10.5 Å². The summed E-state index contributed by atoms with van der Waals surface area (Å²) in [7, 11) is 0. The molecule has 0 atom stereocenters. The van der Waals surface area contributed by atoms with Crippen molar-refractivity contribution < 1.29 is 14.2 Å². The number of carbonyl (C=O) groups excluding carboxylic acids is 1. The molecule has 1 aromatic carbocycles. The number of amides is 1. The Morgan fingerprint density at radius 1 is 1.32 bits per heavy atom. The predicted octanol–water partition coefficient (Wildman–Crippen LogP) is 2.51. The number of hydrogen-bond acceptors (Lipinski definition) is 10. The second kappa shape index (κ2) is 8.75. The first-order valence-electron chi connectivity index (χ1n) is 9.24. The molecule has 11 nitrogen and oxygen atoms in total. The summed E-state index contributed by atoms with van der Waals surface area (Å²) in [6, 6.07) is 11.1. The van der Waals surface area contributed by atoms with Gasteiger partial charge in [-0.05, 0) is 47.7 Å². The van der Waals surface area contributed by atoms with Gasteiger partial charge in [0.25, 0.3) is 5.91 Å². The van der Waals surface area contributed by atoms with Gasteiger partial charge in [0, 0.05) is 5.56 Å². The molecule has 0 aliphatic carbocycles. The van der Waals surface area contributed by atoms with E-state index in [0.717, 1.165) is 16.2 Å². The number of thiophene rings is 1. The predicted molar refractivity (Wildman–Crippen MR) is 114 cm³/mol. The lowest BCUT2D eigenvalue weighted by molar-refractivity contribution is 0.0950. The lowest BCUT2D eigenvalue weighted by atomic mass is 10.1. The highest BCUT2D eigenvalue weighted by molar-refractivity contribution is 7.13. The van der Waals surface area contributed by atoms with Gasteiger partial charge in [-0.3, -0.25) is 4.79 Å². The molecule has 0 spiro atoms. The molecule has 4 rings (SSSR count). The Balaban J connectivity index is 1.63. The standard InChI is InChI=1S/C19H18N8O3S/c1-3-29-13-7-4-6-12(10-13)11(2)21-23-19(28)15-16(14-8-5-9-31-14)27(26-22-15)18-17(20)24-30-25-18/h4-10H,3H2,1-2H3,(H2,20,24)(H,23,28)/b21-11-. The number of nitrogens with one attached hydrogen (secondary N) is 1. The summed E-state index contributed by atoms with van der Waals surface area (Å²) in [4.78, 5) is 13.6. The summed E-state index contributed by atoms with van der Waals surface area (Å²) in [5, 5.41) is 21.4. The average molecular weight is 438 g/mol. The highest BCUT2D eigenvalue weighted by atomic mass is 32.1. The van der Waals surface area contributed by atoms with Crippen LogP contribution in [0.2, 0.25) is 0 Å². The Morgan fingerprint density at radius 2 is 2.19 bits per heavy atom. The van der Waals surface area contributed by atoms with Crippen molar-refractivity contribution in [1.82, 2.24) is 30.7 Å². The van der Waals surface area contributed by atoms with Crippen molar-refractivity contribution in [3.63, 3.8) is 0 Å². The maximum atomic E-state index is 12.9. The van der Waals surface area contributed by atoms with E-state index < -0.39 is 5.91 Å². The molecule has 158 valence electrons. The highest BCUT2D eigenvalue weighted by Gasteiger charge is 2.25. The van der Waals surface area contributed by atoms with Gasteiger partial charge in [-0.15, -0.1) is 16.4 Å². The smallest absolute Gasteiger partial charge is 0.294 e. The van der Waals surface area contributed by atoms with Crippen molar-refractivity contribution in [2.75, 3.05) is 12.3 Å². The van der Waals surface area contributed by atoms with Crippen molar-refractivity contribution in [3.05, 3.63) is 53.0 Å². The van der Waals surface area contributed by atoms with Crippen LogP contribution in [0.25, 0.3) is 16.4 Å². The number of carbonyl (C=O) groups is 1. The fraction of sp³-hybridized carbons (Fsp3) is 0.158. The largest absolute Gasteiger partial charge is 0.494 e. The Morgan fingerprint density at radius 3 is 2.90 bits per heavy atom. The third-order valence-corrected chi connectivity index (χ3v) is 5.10. The van der Waals surface area contributed by atoms with Gasteiger partial charge in [-0.25, -0.2) is 10.1 Å². The third-order valence-electron chi connectivity index (χ3n) is 4.22. The molecule has 0 aliphatic rings. The van der Waals surface area contributed by atoms with Gasteiger partial charge in [0.05, 0.1) is 17.2 Å². The Bertz CT molecular complexity index is 1230. The topological polar surface area (TPSA) is 146 Å². The van der Waals surface area contributed by atoms with Gasteiger partial charge < -0.3 is 10.5 Å². The van der Waals surface area contributed by atoms with Crippen LogP contribution in [-0.2, 0) is 0 Å². The van der Waals surface area contributed by atoms with Crippen LogP contribution in [0.1, 0.15) is 29.9 Å². The van der Waals surface area contributed by atoms with Gasteiger partial charge in [0.1, 0.15) is 11.4 Å². The Labute approximate surface area is 180 Å². The first kappa shape index (κ1) is 20.2. The van der Waals surface area contributed by atoms with Gasteiger partial charge in [-0.1, -0.05) is 23.4 Å². The quantitative estimate of drug-likeness (QED) is 0.330. The molecule has 0 radical (unpaired) electrons. The maximum absolute atomic E-state index is 12.9. The number of nitrogen functional groups attached to an aromatic ring is 1. The minimum atomic E-state index is -0.537. The molecule has 0 aliphatic heterocycles. The van der Waals surface area contributed by atoms with Crippen LogP contribution < -0.4 is 15.9 Å². The van der Waals surface area contributed by atoms with Crippen LogP contribution in [0.15, 0.2) is 51.5 Å². The van der Waals surface area contributed by atoms with E-state index in [1.807, 2.05) is 48.7 Å². The van der Waals surface area contributed by atoms with E-state index in [-0.39, 0.29) is 17.3 Å². The SMILES string of the molecule is CCOc1cccc(/C(C)=N\NC(=O)c2nnn(-c3nonc3N)c2-c2cccs2)c1. The van der Waals surface area contributed by atoms with E-state index in [1.54, 1.807) is 6.92 Å². The number of nitrogens with two attached hydrogens (primary N) is 1. The average Bonchev–Trinajstić information content (AvgIpc) is 3.52. The zero-order valence-electron chi connectivity index (χ0n) is 16.6. The second-order valence-electron chi connectivity index (χ2n) is 6.25. The maximum Gasteiger partial charge on any atom is 0.294 e. The van der Waals surface area contributed by atoms with Crippen molar-refractivity contribution in [2.45, 2.75) is 13.8 Å². The number of hydrazone groups is 1. The Kier molecular flexibility index (Phi) is 5.71. The molecule has 0 saturated carbocycles. The molecule has 0 bridgehead atoms. The van der Waals surface area contributed by atoms with Crippen molar-refractivity contribution >= 4 is 28.8 Å². The third kappa shape index (κ3) is 4.14. The van der Waals surface area contributed by atoms with Gasteiger partial charge in [0.2, 0.25) is 11.6 Å². The first-order valence-corrected chi connectivity index (χ1v) is 10.1. The summed E-state index contributed by atoms with van der Waals surface area (Å²) in [6.45, 7) is 4.25. The Hall–Kier alpha value is -4.06. The fourth-order valence-electron chi connectivity index (χ4n) is 2.78. The van der Waals surface area contributed by atoms with Gasteiger partial charge in [-0.2, -0.15) is 9.78 Å². The van der Waals surface area contributed by atoms with E-state index in [0.29, 0.717) is 18.0 Å². The number of nitrogens with zero attached hydrogens (tertiary/aromatic N) is 6. The van der Waals surface area contributed by atoms with E-state index in [2.05, 4.69) is 35.8 Å². The molecule has 3 aromatic heterocycles. The lowest BCUT2D eigenvalue weighted by Gasteiger charge is -2.06. The second-order valence-corrected chi connectivity index (χ2v) is 7.20. The van der Waals surface area contributed by atoms with E-state index in [1.165, 1.54) is 16.0 Å². The molecule has 3 heterocycles. The summed E-state index contributed by atoms with van der Waals surface area (Å²) in [6.07, 6.45) is 0. The lowest BCUT2D eigenvalue weighted by Crippen LogP contribution is -2.20. The van der Waals surface area contributed by atoms with Crippen molar-refractivity contribution in [1.29, 1.82) is 0 Å². The first-order chi connectivity index (χ1) is 15.1. The van der Waals surface area contributed by atoms with E-state index >= 15 is 0 Å². The van der Waals surface area contributed by atoms with Crippen molar-refractivity contribution in [2.24, 2.45) is 5.10 Å². The molecule has 0 unspecified atom stereocenters. The normalized spacial score (nSPS) is 11.5. The van der Waals surface area contributed by atoms with Crippen LogP contribution in [0.5, 0.6) is 5.75 Å². The van der Waals surface area contributed by atoms with Crippen molar-refractivity contribution in [3.8, 4) is 22.1 Å². The fourth-order valence-corrected chi connectivity index (χ4v) is 3.54. The van der Waals surface area contributed by atoms with Gasteiger partial charge >= 0.3 is 0 Å². The molecule has 0 saturated heterocycles. The summed E-state index contributed by atoms with van der Waals surface area (Å²) >= 11 is 1.41. The number of aromatic nitrogens is 5. The molecule has 0 fully saturated rings. The zero-order valence-corrected chi connectivity index (χ0v) is 17.5. The number of rotatable bonds is 7. The molecule has 31 heavy (non-hydrogen) atoms. The molecule has 4 aromatic rings. The van der Waals surface area contributed by atoms with E-state index in [9.17, 15) is 4.79 Å². The van der Waals surface area contributed by atoms with Gasteiger partial charge in [0.15, 0.2) is 5.69 Å². The zero-order chi connectivity index (χ0) is 21.8. The molecule has 1 amide bonds. The minimum absolute atomic E-state index is 0.0257.